The Bertz CT molecular complexity index is 663. The summed E-state index contributed by atoms with van der Waals surface area (Å²) < 4.78 is 19.6. The van der Waals surface area contributed by atoms with E-state index in [-0.39, 0.29) is 16.6 Å². The number of benzene rings is 1. The lowest BCUT2D eigenvalue weighted by atomic mass is 10.1. The molecule has 1 aliphatic rings. The number of nitrogens with one attached hydrogen (secondary N) is 1. The third-order valence-corrected chi connectivity index (χ3v) is 4.63. The molecule has 1 aromatic carbocycles. The number of carbonyl (C=O) groups excluding carboxylic acids is 2. The molecule has 0 spiro atoms. The normalized spacial score (nSPS) is 17.8. The van der Waals surface area contributed by atoms with Gasteiger partial charge in [-0.2, -0.15) is 0 Å². The first-order valence-corrected chi connectivity index (χ1v) is 8.67. The number of hydrogen-bond acceptors (Lipinski definition) is 3. The molecule has 2 amide bonds. The number of likely N-dealkylation sites (tertiary alicyclic amines) is 1. The van der Waals surface area contributed by atoms with Gasteiger partial charge in [-0.3, -0.25) is 4.79 Å². The zero-order valence-electron chi connectivity index (χ0n) is 13.7. The van der Waals surface area contributed by atoms with E-state index in [9.17, 15) is 14.0 Å². The summed E-state index contributed by atoms with van der Waals surface area (Å²) in [4.78, 5) is 25.8. The summed E-state index contributed by atoms with van der Waals surface area (Å²) in [7, 11) is 0. The summed E-state index contributed by atoms with van der Waals surface area (Å²) in [6.07, 6.45) is 0.168. The first-order valence-electron chi connectivity index (χ1n) is 7.50. The van der Waals surface area contributed by atoms with Crippen molar-refractivity contribution in [1.29, 1.82) is 0 Å². The van der Waals surface area contributed by atoms with Crippen LogP contribution in [-0.2, 0) is 4.74 Å². The lowest BCUT2D eigenvalue weighted by Crippen LogP contribution is -2.40. The molecular weight excluding hydrogens is 403 g/mol. The van der Waals surface area contributed by atoms with Crippen molar-refractivity contribution in [2.45, 2.75) is 38.8 Å². The van der Waals surface area contributed by atoms with Crippen molar-refractivity contribution < 1.29 is 18.7 Å². The van der Waals surface area contributed by atoms with Gasteiger partial charge in [-0.1, -0.05) is 11.6 Å². The van der Waals surface area contributed by atoms with Crippen LogP contribution in [0, 0.1) is 5.82 Å². The molecule has 2 rings (SSSR count). The Morgan fingerprint density at radius 3 is 2.71 bits per heavy atom. The van der Waals surface area contributed by atoms with Crippen molar-refractivity contribution in [2.75, 3.05) is 13.1 Å². The maximum atomic E-state index is 13.9. The molecule has 0 radical (unpaired) electrons. The zero-order chi connectivity index (χ0) is 18.1. The standard InChI is InChI=1S/C16H19BrClFN2O3/c1-16(2,3)24-15(23)21-5-4-9(8-21)20-14(22)10-6-11(17)12(18)7-13(10)19/h6-7,9H,4-5,8H2,1-3H3,(H,20,22)/t9-/m1/s1. The quantitative estimate of drug-likeness (QED) is 0.735. The topological polar surface area (TPSA) is 58.6 Å². The predicted molar refractivity (Wildman–Crippen MR) is 92.8 cm³/mol. The average Bonchev–Trinajstić information content (AvgIpc) is 2.89. The van der Waals surface area contributed by atoms with Crippen molar-refractivity contribution in [2.24, 2.45) is 0 Å². The van der Waals surface area contributed by atoms with Crippen LogP contribution in [-0.4, -0.2) is 41.6 Å². The molecule has 24 heavy (non-hydrogen) atoms. The Morgan fingerprint density at radius 1 is 1.42 bits per heavy atom. The second-order valence-corrected chi connectivity index (χ2v) is 7.89. The van der Waals surface area contributed by atoms with Gasteiger partial charge in [0.15, 0.2) is 0 Å². The zero-order valence-corrected chi connectivity index (χ0v) is 16.0. The minimum absolute atomic E-state index is 0.0954. The van der Waals surface area contributed by atoms with Gasteiger partial charge in [0.25, 0.3) is 5.91 Å². The van der Waals surface area contributed by atoms with Crippen molar-refractivity contribution >= 4 is 39.5 Å². The molecule has 8 heteroatoms. The van der Waals surface area contributed by atoms with Crippen LogP contribution < -0.4 is 5.32 Å². The summed E-state index contributed by atoms with van der Waals surface area (Å²) in [5.74, 6) is -1.23. The largest absolute Gasteiger partial charge is 0.444 e. The second kappa shape index (κ2) is 7.27. The number of amides is 2. The van der Waals surface area contributed by atoms with Crippen LogP contribution >= 0.6 is 27.5 Å². The highest BCUT2D eigenvalue weighted by Crippen LogP contribution is 2.26. The molecule has 0 saturated carbocycles. The van der Waals surface area contributed by atoms with Gasteiger partial charge in [0, 0.05) is 23.6 Å². The number of rotatable bonds is 2. The maximum Gasteiger partial charge on any atom is 0.410 e. The predicted octanol–water partition coefficient (Wildman–Crippen LogP) is 3.98. The summed E-state index contributed by atoms with van der Waals surface area (Å²) in [5.41, 5.74) is -0.668. The summed E-state index contributed by atoms with van der Waals surface area (Å²) >= 11 is 8.96. The van der Waals surface area contributed by atoms with Crippen molar-refractivity contribution in [3.8, 4) is 0 Å². The molecule has 132 valence electrons. The SMILES string of the molecule is CC(C)(C)OC(=O)N1CC[C@@H](NC(=O)c2cc(Br)c(Cl)cc2F)C1. The maximum absolute atomic E-state index is 13.9. The highest BCUT2D eigenvalue weighted by Gasteiger charge is 2.31. The third kappa shape index (κ3) is 4.83. The van der Waals surface area contributed by atoms with Crippen LogP contribution in [0.15, 0.2) is 16.6 Å². The second-order valence-electron chi connectivity index (χ2n) is 6.63. The van der Waals surface area contributed by atoms with Gasteiger partial charge in [0.05, 0.1) is 10.6 Å². The van der Waals surface area contributed by atoms with E-state index >= 15 is 0 Å². The van der Waals surface area contributed by atoms with E-state index in [1.165, 1.54) is 11.0 Å². The number of hydrogen-bond donors (Lipinski definition) is 1. The molecule has 1 atom stereocenters. The minimum atomic E-state index is -0.692. The van der Waals surface area contributed by atoms with Gasteiger partial charge >= 0.3 is 6.09 Å². The summed E-state index contributed by atoms with van der Waals surface area (Å²) in [5, 5.41) is 2.93. The molecule has 5 nitrogen and oxygen atoms in total. The number of ether oxygens (including phenoxy) is 1. The monoisotopic (exact) mass is 420 g/mol. The van der Waals surface area contributed by atoms with Crippen LogP contribution in [0.5, 0.6) is 0 Å². The number of nitrogens with zero attached hydrogens (tertiary/aromatic N) is 1. The Hall–Kier alpha value is -1.34. The molecule has 1 saturated heterocycles. The molecule has 0 aromatic heterocycles. The first kappa shape index (κ1) is 19.0. The smallest absolute Gasteiger partial charge is 0.410 e. The fourth-order valence-corrected chi connectivity index (χ4v) is 2.82. The van der Waals surface area contributed by atoms with E-state index in [4.69, 9.17) is 16.3 Å². The van der Waals surface area contributed by atoms with Gasteiger partial charge < -0.3 is 15.0 Å². The van der Waals surface area contributed by atoms with Gasteiger partial charge in [-0.25, -0.2) is 9.18 Å². The van der Waals surface area contributed by atoms with E-state index < -0.39 is 23.4 Å². The Kier molecular flexibility index (Phi) is 5.75. The minimum Gasteiger partial charge on any atom is -0.444 e. The van der Waals surface area contributed by atoms with Crippen molar-refractivity contribution in [3.63, 3.8) is 0 Å². The fraction of sp³-hybridized carbons (Fsp3) is 0.500. The van der Waals surface area contributed by atoms with Crippen molar-refractivity contribution in [1.82, 2.24) is 10.2 Å². The lowest BCUT2D eigenvalue weighted by Gasteiger charge is -2.24. The highest BCUT2D eigenvalue weighted by molar-refractivity contribution is 9.10. The van der Waals surface area contributed by atoms with Crippen LogP contribution in [0.4, 0.5) is 9.18 Å². The number of halogens is 3. The van der Waals surface area contributed by atoms with Crippen LogP contribution in [0.3, 0.4) is 0 Å². The molecular formula is C16H19BrClFN2O3. The molecule has 1 aromatic rings. The average molecular weight is 422 g/mol. The highest BCUT2D eigenvalue weighted by atomic mass is 79.9. The van der Waals surface area contributed by atoms with E-state index in [0.29, 0.717) is 24.0 Å². The third-order valence-electron chi connectivity index (χ3n) is 3.43. The molecule has 0 aliphatic carbocycles. The van der Waals surface area contributed by atoms with E-state index in [2.05, 4.69) is 21.2 Å². The Labute approximate surface area is 153 Å². The molecule has 0 unspecified atom stereocenters. The van der Waals surface area contributed by atoms with Crippen LogP contribution in [0.1, 0.15) is 37.6 Å². The fourth-order valence-electron chi connectivity index (χ4n) is 2.33. The van der Waals surface area contributed by atoms with E-state index in [0.717, 1.165) is 6.07 Å². The van der Waals surface area contributed by atoms with Crippen LogP contribution in [0.2, 0.25) is 5.02 Å². The van der Waals surface area contributed by atoms with E-state index in [1.807, 2.05) is 0 Å². The van der Waals surface area contributed by atoms with Gasteiger partial charge in [-0.15, -0.1) is 0 Å². The molecule has 1 aliphatic heterocycles. The molecule has 1 N–H and O–H groups in total. The Morgan fingerprint density at radius 2 is 2.08 bits per heavy atom. The molecule has 1 fully saturated rings. The Balaban J connectivity index is 1.97. The summed E-state index contributed by atoms with van der Waals surface area (Å²) in [6.45, 7) is 6.19. The van der Waals surface area contributed by atoms with Gasteiger partial charge in [0.1, 0.15) is 11.4 Å². The van der Waals surface area contributed by atoms with E-state index in [1.54, 1.807) is 20.8 Å². The number of carbonyl (C=O) groups is 2. The van der Waals surface area contributed by atoms with Gasteiger partial charge in [-0.05, 0) is 55.3 Å². The lowest BCUT2D eigenvalue weighted by molar-refractivity contribution is 0.0290. The molecule has 1 heterocycles. The van der Waals surface area contributed by atoms with Crippen molar-refractivity contribution in [3.05, 3.63) is 33.0 Å². The van der Waals surface area contributed by atoms with Crippen LogP contribution in [0.25, 0.3) is 0 Å². The molecule has 0 bridgehead atoms. The summed E-state index contributed by atoms with van der Waals surface area (Å²) in [6, 6.07) is 2.18. The first-order chi connectivity index (χ1) is 11.1. The van der Waals surface area contributed by atoms with Gasteiger partial charge in [0.2, 0.25) is 0 Å².